The number of amides is 1. The van der Waals surface area contributed by atoms with E-state index in [4.69, 9.17) is 0 Å². The highest BCUT2D eigenvalue weighted by atomic mass is 32.2. The van der Waals surface area contributed by atoms with Crippen LogP contribution in [0.1, 0.15) is 48.8 Å². The van der Waals surface area contributed by atoms with Crippen LogP contribution in [0.3, 0.4) is 0 Å². The third-order valence-corrected chi connectivity index (χ3v) is 7.70. The number of allylic oxidation sites excluding steroid dienone is 1. The third-order valence-electron chi connectivity index (χ3n) is 6.87. The second kappa shape index (κ2) is 10.8. The summed E-state index contributed by atoms with van der Waals surface area (Å²) in [7, 11) is 0. The molecule has 2 aliphatic heterocycles. The normalized spacial score (nSPS) is 27.8. The lowest BCUT2D eigenvalue weighted by Gasteiger charge is -2.32. The van der Waals surface area contributed by atoms with Crippen LogP contribution in [0.2, 0.25) is 0 Å². The highest BCUT2D eigenvalue weighted by Crippen LogP contribution is 2.39. The Morgan fingerprint density at radius 3 is 2.42 bits per heavy atom. The van der Waals surface area contributed by atoms with Crippen molar-refractivity contribution in [1.82, 2.24) is 10.2 Å². The number of amidine groups is 1. The van der Waals surface area contributed by atoms with Crippen LogP contribution in [-0.4, -0.2) is 52.2 Å². The Morgan fingerprint density at radius 2 is 1.79 bits per heavy atom. The van der Waals surface area contributed by atoms with Crippen molar-refractivity contribution in [2.45, 2.75) is 69.1 Å². The van der Waals surface area contributed by atoms with E-state index < -0.39 is 59.6 Å². The van der Waals surface area contributed by atoms with E-state index in [0.717, 1.165) is 17.8 Å². The van der Waals surface area contributed by atoms with E-state index in [1.54, 1.807) is 11.0 Å². The quantitative estimate of drug-likeness (QED) is 0.421. The molecule has 14 heteroatoms. The van der Waals surface area contributed by atoms with Gasteiger partial charge in [-0.15, -0.1) is 0 Å². The molecule has 0 spiro atoms. The van der Waals surface area contributed by atoms with E-state index in [0.29, 0.717) is 36.9 Å². The Morgan fingerprint density at radius 1 is 1.11 bits per heavy atom. The van der Waals surface area contributed by atoms with Crippen molar-refractivity contribution >= 4 is 22.8 Å². The summed E-state index contributed by atoms with van der Waals surface area (Å²) in [6, 6.07) is 0.569. The number of halogens is 8. The molecule has 2 atom stereocenters. The van der Waals surface area contributed by atoms with Gasteiger partial charge in [0.15, 0.2) is 0 Å². The van der Waals surface area contributed by atoms with Gasteiger partial charge in [-0.05, 0) is 67.7 Å². The zero-order chi connectivity index (χ0) is 27.9. The SMILES string of the molecule is O=C1NC(=NC2CC(F)(F)CCC2O)/C(=C/C2CCN(Cc3ccc(C(F)(F)F)cc3C(F)(F)F)CC2)S1. The number of aliphatic hydroxyl groups excluding tert-OH is 1. The summed E-state index contributed by atoms with van der Waals surface area (Å²) in [6.07, 6.45) is -9.30. The van der Waals surface area contributed by atoms with Crippen LogP contribution in [0.5, 0.6) is 0 Å². The molecule has 1 aliphatic carbocycles. The van der Waals surface area contributed by atoms with Gasteiger partial charge in [0, 0.05) is 19.4 Å². The molecule has 5 nitrogen and oxygen atoms in total. The standard InChI is InChI=1S/C24H25F8N3O2S/c25-22(26)6-3-18(36)17(11-22)33-20-19(38-21(37)34-20)9-13-4-7-35(8-5-13)12-14-1-2-15(23(27,28)29)10-16(14)24(30,31)32/h1-2,9-10,13,17-18,36H,3-8,11-12H2,(H,33,34,37)/b19-9-. The number of likely N-dealkylation sites (tertiary alicyclic amines) is 1. The van der Waals surface area contributed by atoms with E-state index >= 15 is 0 Å². The van der Waals surface area contributed by atoms with Gasteiger partial charge in [-0.25, -0.2) is 8.78 Å². The lowest BCUT2D eigenvalue weighted by atomic mass is 9.90. The predicted molar refractivity (Wildman–Crippen MR) is 125 cm³/mol. The molecule has 210 valence electrons. The number of thioether (sulfide) groups is 1. The number of hydrogen-bond donors (Lipinski definition) is 2. The molecule has 1 saturated carbocycles. The van der Waals surface area contributed by atoms with E-state index in [1.807, 2.05) is 0 Å². The largest absolute Gasteiger partial charge is 0.416 e. The number of aliphatic imine (C=N–C) groups is 1. The van der Waals surface area contributed by atoms with Crippen LogP contribution in [0, 0.1) is 5.92 Å². The van der Waals surface area contributed by atoms with Crippen LogP contribution >= 0.6 is 11.8 Å². The maximum absolute atomic E-state index is 13.8. The number of nitrogens with one attached hydrogen (secondary N) is 1. The van der Waals surface area contributed by atoms with Gasteiger partial charge >= 0.3 is 12.4 Å². The second-order valence-electron chi connectivity index (χ2n) is 9.74. The molecule has 1 aromatic carbocycles. The fourth-order valence-electron chi connectivity index (χ4n) is 4.82. The first kappa shape index (κ1) is 28.8. The zero-order valence-corrected chi connectivity index (χ0v) is 20.7. The van der Waals surface area contributed by atoms with Crippen LogP contribution in [0.15, 0.2) is 34.2 Å². The fraction of sp³-hybridized carbons (Fsp3) is 0.583. The first-order valence-electron chi connectivity index (χ1n) is 11.9. The van der Waals surface area contributed by atoms with Gasteiger partial charge in [-0.2, -0.15) is 26.3 Å². The fourth-order valence-corrected chi connectivity index (χ4v) is 5.63. The molecule has 2 unspecified atom stereocenters. The number of rotatable bonds is 4. The summed E-state index contributed by atoms with van der Waals surface area (Å²) < 4.78 is 107. The first-order valence-corrected chi connectivity index (χ1v) is 12.8. The summed E-state index contributed by atoms with van der Waals surface area (Å²) in [4.78, 5) is 18.3. The Bertz CT molecular complexity index is 1110. The minimum absolute atomic E-state index is 0.0842. The number of benzene rings is 1. The van der Waals surface area contributed by atoms with Gasteiger partial charge < -0.3 is 10.4 Å². The highest BCUT2D eigenvalue weighted by Gasteiger charge is 2.42. The molecule has 0 radical (unpaired) electrons. The lowest BCUT2D eigenvalue weighted by Crippen LogP contribution is -2.40. The van der Waals surface area contributed by atoms with E-state index in [2.05, 4.69) is 10.3 Å². The van der Waals surface area contributed by atoms with Gasteiger partial charge in [-0.1, -0.05) is 12.1 Å². The molecule has 3 fully saturated rings. The average molecular weight is 572 g/mol. The van der Waals surface area contributed by atoms with Gasteiger partial charge in [0.2, 0.25) is 5.92 Å². The van der Waals surface area contributed by atoms with Crippen LogP contribution in [0.25, 0.3) is 0 Å². The molecule has 2 N–H and O–H groups in total. The van der Waals surface area contributed by atoms with E-state index in [-0.39, 0.29) is 36.3 Å². The van der Waals surface area contributed by atoms with Gasteiger partial charge in [-0.3, -0.25) is 14.7 Å². The number of piperidine rings is 1. The predicted octanol–water partition coefficient (Wildman–Crippen LogP) is 6.22. The van der Waals surface area contributed by atoms with Crippen LogP contribution < -0.4 is 5.32 Å². The molecule has 0 aromatic heterocycles. The molecule has 38 heavy (non-hydrogen) atoms. The zero-order valence-electron chi connectivity index (χ0n) is 19.9. The molecule has 2 saturated heterocycles. The number of aliphatic hydroxyl groups is 1. The summed E-state index contributed by atoms with van der Waals surface area (Å²) in [5.41, 5.74) is -2.93. The average Bonchev–Trinajstić information content (AvgIpc) is 3.14. The Labute approximate surface area is 217 Å². The number of nitrogens with zero attached hydrogens (tertiary/aromatic N) is 2. The summed E-state index contributed by atoms with van der Waals surface area (Å²) in [5.74, 6) is -2.93. The highest BCUT2D eigenvalue weighted by molar-refractivity contribution is 8.18. The monoisotopic (exact) mass is 571 g/mol. The van der Waals surface area contributed by atoms with Gasteiger partial charge in [0.1, 0.15) is 5.84 Å². The number of hydrogen-bond acceptors (Lipinski definition) is 5. The Hall–Kier alpha value is -2.19. The van der Waals surface area contributed by atoms with E-state index in [1.165, 1.54) is 0 Å². The Kier molecular flexibility index (Phi) is 8.16. The summed E-state index contributed by atoms with van der Waals surface area (Å²) >= 11 is 0.849. The third kappa shape index (κ3) is 7.06. The van der Waals surface area contributed by atoms with Crippen molar-refractivity contribution < 1.29 is 45.0 Å². The molecule has 1 aromatic rings. The van der Waals surface area contributed by atoms with E-state index in [9.17, 15) is 45.0 Å². The number of carbonyl (C=O) groups is 1. The number of carbonyl (C=O) groups excluding carboxylic acids is 1. The number of alkyl halides is 8. The van der Waals surface area contributed by atoms with Gasteiger partial charge in [0.25, 0.3) is 5.24 Å². The molecule has 0 bridgehead atoms. The summed E-state index contributed by atoms with van der Waals surface area (Å²) in [6.45, 7) is 0.545. The van der Waals surface area contributed by atoms with Crippen molar-refractivity contribution in [3.63, 3.8) is 0 Å². The Balaban J connectivity index is 1.42. The topological polar surface area (TPSA) is 64.9 Å². The van der Waals surface area contributed by atoms with Gasteiger partial charge in [0.05, 0.1) is 28.2 Å². The van der Waals surface area contributed by atoms with Crippen molar-refractivity contribution in [3.8, 4) is 0 Å². The molecule has 2 heterocycles. The molecule has 3 aliphatic rings. The first-order chi connectivity index (χ1) is 17.6. The maximum atomic E-state index is 13.8. The smallest absolute Gasteiger partial charge is 0.391 e. The maximum Gasteiger partial charge on any atom is 0.416 e. The van der Waals surface area contributed by atoms with Crippen LogP contribution in [-0.2, 0) is 18.9 Å². The lowest BCUT2D eigenvalue weighted by molar-refractivity contribution is -0.143. The van der Waals surface area contributed by atoms with Crippen LogP contribution in [0.4, 0.5) is 39.9 Å². The molecular formula is C24H25F8N3O2S. The van der Waals surface area contributed by atoms with Crippen molar-refractivity contribution in [2.24, 2.45) is 10.9 Å². The summed E-state index contributed by atoms with van der Waals surface area (Å²) in [5, 5.41) is 12.2. The molecular weight excluding hydrogens is 546 g/mol. The minimum Gasteiger partial charge on any atom is -0.391 e. The van der Waals surface area contributed by atoms with Crippen molar-refractivity contribution in [3.05, 3.63) is 45.9 Å². The second-order valence-corrected chi connectivity index (χ2v) is 10.8. The molecule has 1 amide bonds. The minimum atomic E-state index is -4.94. The van der Waals surface area contributed by atoms with Crippen molar-refractivity contribution in [1.29, 1.82) is 0 Å². The molecule has 4 rings (SSSR count). The van der Waals surface area contributed by atoms with Crippen molar-refractivity contribution in [2.75, 3.05) is 13.1 Å².